The van der Waals surface area contributed by atoms with Crippen LogP contribution in [0.5, 0.6) is 0 Å². The van der Waals surface area contributed by atoms with Crippen LogP contribution in [0.4, 0.5) is 0 Å². The van der Waals surface area contributed by atoms with Crippen molar-refractivity contribution in [2.45, 2.75) is 31.2 Å². The first-order valence-electron chi connectivity index (χ1n) is 8.99. The third-order valence-corrected chi connectivity index (χ3v) is 5.01. The van der Waals surface area contributed by atoms with Crippen LogP contribution in [0.25, 0.3) is 0 Å². The number of hydrogen-bond donors (Lipinski definition) is 2. The number of guanidine groups is 1. The van der Waals surface area contributed by atoms with E-state index in [1.807, 2.05) is 41.5 Å². The molecule has 0 amide bonds. The van der Waals surface area contributed by atoms with E-state index in [1.165, 1.54) is 4.90 Å². The summed E-state index contributed by atoms with van der Waals surface area (Å²) in [7, 11) is 1.78. The molecule has 2 aromatic rings. The number of thioether (sulfide) groups is 1. The second kappa shape index (κ2) is 11.4. The number of hydrogen-bond acceptors (Lipinski definition) is 3. The van der Waals surface area contributed by atoms with Gasteiger partial charge >= 0.3 is 0 Å². The summed E-state index contributed by atoms with van der Waals surface area (Å²) in [6.07, 6.45) is 1.94. The lowest BCUT2D eigenvalue weighted by atomic mass is 10.3. The Kier molecular flexibility index (Phi) is 8.83. The van der Waals surface area contributed by atoms with Crippen LogP contribution in [0.3, 0.4) is 0 Å². The van der Waals surface area contributed by atoms with Gasteiger partial charge in [-0.2, -0.15) is 0 Å². The molecule has 0 spiro atoms. The van der Waals surface area contributed by atoms with E-state index in [0.717, 1.165) is 49.9 Å². The monoisotopic (exact) mass is 372 g/mol. The van der Waals surface area contributed by atoms with Gasteiger partial charge < -0.3 is 15.2 Å². The molecule has 0 fully saturated rings. The van der Waals surface area contributed by atoms with Crippen molar-refractivity contribution in [3.63, 3.8) is 0 Å². The number of aromatic nitrogens is 1. The molecule has 0 radical (unpaired) electrons. The van der Waals surface area contributed by atoms with E-state index in [4.69, 9.17) is 0 Å². The summed E-state index contributed by atoms with van der Waals surface area (Å²) in [5.41, 5.74) is 1.09. The molecule has 0 atom stereocenters. The third-order valence-electron chi connectivity index (χ3n) is 4.00. The zero-order chi connectivity index (χ0) is 18.6. The molecule has 0 bridgehead atoms. The van der Waals surface area contributed by atoms with Crippen molar-refractivity contribution in [3.8, 4) is 0 Å². The zero-order valence-corrected chi connectivity index (χ0v) is 16.4. The van der Waals surface area contributed by atoms with Gasteiger partial charge in [-0.1, -0.05) is 24.3 Å². The highest BCUT2D eigenvalue weighted by Gasteiger charge is 2.00. The van der Waals surface area contributed by atoms with Crippen molar-refractivity contribution in [2.24, 2.45) is 4.99 Å². The molecule has 0 aliphatic rings. The maximum atomic E-state index is 11.8. The Morgan fingerprint density at radius 2 is 1.81 bits per heavy atom. The van der Waals surface area contributed by atoms with Crippen LogP contribution >= 0.6 is 11.8 Å². The van der Waals surface area contributed by atoms with E-state index in [0.29, 0.717) is 0 Å². The molecular formula is C20H28N4OS. The molecule has 0 saturated heterocycles. The van der Waals surface area contributed by atoms with Crippen molar-refractivity contribution in [1.29, 1.82) is 0 Å². The lowest BCUT2D eigenvalue weighted by molar-refractivity contribution is 0.575. The van der Waals surface area contributed by atoms with Crippen molar-refractivity contribution < 1.29 is 0 Å². The van der Waals surface area contributed by atoms with Crippen molar-refractivity contribution in [2.75, 3.05) is 25.9 Å². The van der Waals surface area contributed by atoms with Gasteiger partial charge in [-0.05, 0) is 38.0 Å². The van der Waals surface area contributed by atoms with E-state index in [2.05, 4.69) is 39.9 Å². The highest BCUT2D eigenvalue weighted by Crippen LogP contribution is 2.15. The highest BCUT2D eigenvalue weighted by molar-refractivity contribution is 7.99. The summed E-state index contributed by atoms with van der Waals surface area (Å²) in [5.74, 6) is 1.81. The molecule has 0 unspecified atom stereocenters. The molecule has 0 aliphatic carbocycles. The Morgan fingerprint density at radius 3 is 2.54 bits per heavy atom. The smallest absolute Gasteiger partial charge is 0.250 e. The van der Waals surface area contributed by atoms with Gasteiger partial charge in [-0.15, -0.1) is 11.8 Å². The van der Waals surface area contributed by atoms with Gasteiger partial charge in [0.25, 0.3) is 5.56 Å². The maximum absolute atomic E-state index is 11.8. The average Bonchev–Trinajstić information content (AvgIpc) is 2.66. The molecule has 1 aromatic carbocycles. The van der Waals surface area contributed by atoms with E-state index in [1.54, 1.807) is 13.1 Å². The predicted molar refractivity (Wildman–Crippen MR) is 111 cm³/mol. The molecule has 1 heterocycles. The molecular weight excluding hydrogens is 344 g/mol. The van der Waals surface area contributed by atoms with Gasteiger partial charge in [0, 0.05) is 49.1 Å². The third kappa shape index (κ3) is 6.96. The summed E-state index contributed by atoms with van der Waals surface area (Å²) in [6, 6.07) is 15.8. The molecule has 0 aliphatic heterocycles. The van der Waals surface area contributed by atoms with Gasteiger partial charge in [0.15, 0.2) is 5.96 Å². The number of aryl methyl sites for hydroxylation is 1. The zero-order valence-electron chi connectivity index (χ0n) is 15.6. The highest BCUT2D eigenvalue weighted by atomic mass is 32.2. The topological polar surface area (TPSA) is 58.4 Å². The van der Waals surface area contributed by atoms with Gasteiger partial charge in [-0.3, -0.25) is 9.79 Å². The van der Waals surface area contributed by atoms with E-state index in [9.17, 15) is 4.79 Å². The Morgan fingerprint density at radius 1 is 1.04 bits per heavy atom. The minimum Gasteiger partial charge on any atom is -0.356 e. The van der Waals surface area contributed by atoms with Crippen LogP contribution < -0.4 is 16.2 Å². The Labute approximate surface area is 159 Å². The fourth-order valence-corrected chi connectivity index (χ4v) is 3.38. The Hall–Kier alpha value is -2.21. The number of unbranched alkanes of at least 4 members (excludes halogenated alkanes) is 1. The van der Waals surface area contributed by atoms with Gasteiger partial charge in [0.1, 0.15) is 0 Å². The molecule has 2 rings (SSSR count). The SMILES string of the molecule is CN=C(NCCCCn1c(C)cccc1=O)NCCSc1ccccc1. The van der Waals surface area contributed by atoms with E-state index >= 15 is 0 Å². The average molecular weight is 373 g/mol. The van der Waals surface area contributed by atoms with Crippen molar-refractivity contribution in [1.82, 2.24) is 15.2 Å². The van der Waals surface area contributed by atoms with Crippen LogP contribution in [0, 0.1) is 6.92 Å². The summed E-state index contributed by atoms with van der Waals surface area (Å²) < 4.78 is 1.83. The fourth-order valence-electron chi connectivity index (χ4n) is 2.59. The first-order chi connectivity index (χ1) is 12.7. The van der Waals surface area contributed by atoms with Crippen molar-refractivity contribution >= 4 is 17.7 Å². The van der Waals surface area contributed by atoms with Crippen LogP contribution in [0.1, 0.15) is 18.5 Å². The molecule has 2 N–H and O–H groups in total. The van der Waals surface area contributed by atoms with Crippen molar-refractivity contribution in [3.05, 3.63) is 64.6 Å². The van der Waals surface area contributed by atoms with E-state index in [-0.39, 0.29) is 5.56 Å². The normalized spacial score (nSPS) is 11.4. The summed E-state index contributed by atoms with van der Waals surface area (Å²) in [4.78, 5) is 17.4. The van der Waals surface area contributed by atoms with Gasteiger partial charge in [0.05, 0.1) is 0 Å². The lowest BCUT2D eigenvalue weighted by Crippen LogP contribution is -2.38. The Bertz CT molecular complexity index is 743. The second-order valence-electron chi connectivity index (χ2n) is 5.95. The fraction of sp³-hybridized carbons (Fsp3) is 0.400. The molecule has 1 aromatic heterocycles. The predicted octanol–water partition coefficient (Wildman–Crippen LogP) is 2.89. The summed E-state index contributed by atoms with van der Waals surface area (Å²) >= 11 is 1.83. The van der Waals surface area contributed by atoms with Crippen LogP contribution in [0.15, 0.2) is 63.2 Å². The quantitative estimate of drug-likeness (QED) is 0.308. The Balaban J connectivity index is 1.59. The van der Waals surface area contributed by atoms with Gasteiger partial charge in [0.2, 0.25) is 0 Å². The molecule has 6 heteroatoms. The van der Waals surface area contributed by atoms with Crippen LogP contribution in [-0.4, -0.2) is 36.4 Å². The lowest BCUT2D eigenvalue weighted by Gasteiger charge is -2.12. The first kappa shape index (κ1) is 20.1. The molecule has 140 valence electrons. The van der Waals surface area contributed by atoms with E-state index < -0.39 is 0 Å². The standard InChI is InChI=1S/C20H28N4OS/c1-17-9-8-12-19(25)24(17)15-7-6-13-22-20(21-2)23-14-16-26-18-10-4-3-5-11-18/h3-5,8-12H,6-7,13-16H2,1-2H3,(H2,21,22,23). The minimum absolute atomic E-state index is 0.0753. The number of benzene rings is 1. The van der Waals surface area contributed by atoms with Gasteiger partial charge in [-0.25, -0.2) is 0 Å². The number of nitrogens with one attached hydrogen (secondary N) is 2. The second-order valence-corrected chi connectivity index (χ2v) is 7.12. The first-order valence-corrected chi connectivity index (χ1v) is 9.98. The number of aliphatic imine (C=N–C) groups is 1. The molecule has 0 saturated carbocycles. The summed E-state index contributed by atoms with van der Waals surface area (Å²) in [5, 5.41) is 6.66. The number of nitrogens with zero attached hydrogens (tertiary/aromatic N) is 2. The minimum atomic E-state index is 0.0753. The summed E-state index contributed by atoms with van der Waals surface area (Å²) in [6.45, 7) is 4.43. The molecule has 26 heavy (non-hydrogen) atoms. The maximum Gasteiger partial charge on any atom is 0.250 e. The number of pyridine rings is 1. The van der Waals surface area contributed by atoms with Crippen LogP contribution in [-0.2, 0) is 6.54 Å². The largest absolute Gasteiger partial charge is 0.356 e. The van der Waals surface area contributed by atoms with Crippen LogP contribution in [0.2, 0.25) is 0 Å². The molecule has 5 nitrogen and oxygen atoms in total. The number of rotatable bonds is 9.